The average Bonchev–Trinajstić information content (AvgIpc) is 2.83. The van der Waals surface area contributed by atoms with Gasteiger partial charge in [-0.1, -0.05) is 0 Å². The van der Waals surface area contributed by atoms with Crippen LogP contribution in [0, 0.1) is 6.92 Å². The lowest BCUT2D eigenvalue weighted by Gasteiger charge is -2.37. The van der Waals surface area contributed by atoms with Crippen molar-refractivity contribution in [3.05, 3.63) is 11.8 Å². The number of carbonyl (C=O) groups excluding carboxylic acids is 1. The smallest absolute Gasteiger partial charge is 0.237 e. The lowest BCUT2D eigenvalue weighted by atomic mass is 10.2. The Morgan fingerprint density at radius 3 is 2.43 bits per heavy atom. The van der Waals surface area contributed by atoms with Gasteiger partial charge in [0.05, 0.1) is 12.6 Å². The minimum absolute atomic E-state index is 0.0831. The zero-order valence-electron chi connectivity index (χ0n) is 13.3. The third kappa shape index (κ3) is 4.50. The molecule has 1 aliphatic heterocycles. The molecule has 2 rings (SSSR count). The summed E-state index contributed by atoms with van der Waals surface area (Å²) in [5.74, 6) is 1.36. The Hall–Kier alpha value is -1.47. The van der Waals surface area contributed by atoms with Crippen molar-refractivity contribution in [3.8, 4) is 0 Å². The van der Waals surface area contributed by atoms with Gasteiger partial charge in [0.1, 0.15) is 0 Å². The van der Waals surface area contributed by atoms with Gasteiger partial charge >= 0.3 is 0 Å². The molecule has 7 heteroatoms. The van der Waals surface area contributed by atoms with Crippen LogP contribution in [0.3, 0.4) is 0 Å². The van der Waals surface area contributed by atoms with Gasteiger partial charge in [-0.15, -0.1) is 10.2 Å². The number of hydrogen-bond acceptors (Lipinski definition) is 6. The summed E-state index contributed by atoms with van der Waals surface area (Å²) >= 11 is 0. The molecule has 2 heterocycles. The van der Waals surface area contributed by atoms with Gasteiger partial charge < -0.3 is 9.73 Å². The van der Waals surface area contributed by atoms with Crippen LogP contribution >= 0.6 is 0 Å². The van der Waals surface area contributed by atoms with Crippen LogP contribution < -0.4 is 5.32 Å². The zero-order chi connectivity index (χ0) is 15.4. The van der Waals surface area contributed by atoms with E-state index in [2.05, 4.69) is 25.3 Å². The number of amides is 1. The summed E-state index contributed by atoms with van der Waals surface area (Å²) in [5.41, 5.74) is 0. The first-order valence-electron chi connectivity index (χ1n) is 7.51. The van der Waals surface area contributed by atoms with E-state index >= 15 is 0 Å². The highest BCUT2D eigenvalue weighted by Crippen LogP contribution is 2.10. The summed E-state index contributed by atoms with van der Waals surface area (Å²) in [6, 6.07) is 0.0993. The Morgan fingerprint density at radius 1 is 1.24 bits per heavy atom. The summed E-state index contributed by atoms with van der Waals surface area (Å²) in [6.07, 6.45) is 0. The molecule has 0 radical (unpaired) electrons. The highest BCUT2D eigenvalue weighted by molar-refractivity contribution is 5.81. The Morgan fingerprint density at radius 2 is 1.90 bits per heavy atom. The maximum absolute atomic E-state index is 12.0. The molecule has 7 nitrogen and oxygen atoms in total. The number of aromatic nitrogens is 2. The Bertz CT molecular complexity index is 466. The van der Waals surface area contributed by atoms with E-state index in [1.165, 1.54) is 0 Å². The summed E-state index contributed by atoms with van der Waals surface area (Å²) in [4.78, 5) is 16.5. The number of nitrogens with one attached hydrogen (secondary N) is 1. The summed E-state index contributed by atoms with van der Waals surface area (Å²) in [5, 5.41) is 10.8. The van der Waals surface area contributed by atoms with Crippen molar-refractivity contribution in [3.63, 3.8) is 0 Å². The topological polar surface area (TPSA) is 74.5 Å². The van der Waals surface area contributed by atoms with Crippen molar-refractivity contribution >= 4 is 5.91 Å². The standard InChI is InChI=1S/C14H25N5O2/c1-10(2)15-14(20)11(3)19-7-5-18(6-8-19)9-13-17-16-12(4)21-13/h10-11H,5-9H2,1-4H3,(H,15,20). The van der Waals surface area contributed by atoms with Crippen LogP contribution in [-0.2, 0) is 11.3 Å². The molecule has 21 heavy (non-hydrogen) atoms. The van der Waals surface area contributed by atoms with Crippen molar-refractivity contribution in [2.24, 2.45) is 0 Å². The van der Waals surface area contributed by atoms with Crippen molar-refractivity contribution in [2.45, 2.75) is 46.3 Å². The van der Waals surface area contributed by atoms with Crippen LogP contribution in [0.4, 0.5) is 0 Å². The highest BCUT2D eigenvalue weighted by atomic mass is 16.4. The second-order valence-electron chi connectivity index (χ2n) is 5.87. The first-order valence-corrected chi connectivity index (χ1v) is 7.51. The fraction of sp³-hybridized carbons (Fsp3) is 0.786. The number of aryl methyl sites for hydroxylation is 1. The second-order valence-corrected chi connectivity index (χ2v) is 5.87. The third-order valence-corrected chi connectivity index (χ3v) is 3.69. The van der Waals surface area contributed by atoms with E-state index < -0.39 is 0 Å². The van der Waals surface area contributed by atoms with Crippen LogP contribution in [0.5, 0.6) is 0 Å². The van der Waals surface area contributed by atoms with Crippen LogP contribution in [0.15, 0.2) is 4.42 Å². The van der Waals surface area contributed by atoms with Crippen molar-refractivity contribution in [1.29, 1.82) is 0 Å². The van der Waals surface area contributed by atoms with Gasteiger partial charge in [-0.25, -0.2) is 0 Å². The fourth-order valence-electron chi connectivity index (χ4n) is 2.47. The quantitative estimate of drug-likeness (QED) is 0.848. The number of piperazine rings is 1. The van der Waals surface area contributed by atoms with E-state index in [1.54, 1.807) is 6.92 Å². The first-order chi connectivity index (χ1) is 9.95. The average molecular weight is 295 g/mol. The molecule has 1 aromatic heterocycles. The monoisotopic (exact) mass is 295 g/mol. The van der Waals surface area contributed by atoms with Gasteiger partial charge in [0.15, 0.2) is 0 Å². The molecule has 1 unspecified atom stereocenters. The maximum Gasteiger partial charge on any atom is 0.237 e. The molecule has 0 bridgehead atoms. The molecule has 1 aliphatic rings. The van der Waals surface area contributed by atoms with E-state index in [9.17, 15) is 4.79 Å². The van der Waals surface area contributed by atoms with Gasteiger partial charge in [0, 0.05) is 39.1 Å². The lowest BCUT2D eigenvalue weighted by Crippen LogP contribution is -2.54. The molecule has 118 valence electrons. The normalized spacial score (nSPS) is 18.9. The van der Waals surface area contributed by atoms with Crippen molar-refractivity contribution < 1.29 is 9.21 Å². The SMILES string of the molecule is Cc1nnc(CN2CCN(C(C)C(=O)NC(C)C)CC2)o1. The molecule has 1 N–H and O–H groups in total. The van der Waals surface area contributed by atoms with Crippen LogP contribution in [-0.4, -0.2) is 64.2 Å². The molecule has 1 amide bonds. The van der Waals surface area contributed by atoms with Crippen LogP contribution in [0.25, 0.3) is 0 Å². The Kier molecular flexibility index (Phi) is 5.30. The largest absolute Gasteiger partial charge is 0.424 e. The summed E-state index contributed by atoms with van der Waals surface area (Å²) < 4.78 is 5.40. The molecule has 0 spiro atoms. The van der Waals surface area contributed by atoms with Crippen LogP contribution in [0.2, 0.25) is 0 Å². The third-order valence-electron chi connectivity index (χ3n) is 3.69. The van der Waals surface area contributed by atoms with Gasteiger partial charge in [-0.2, -0.15) is 0 Å². The van der Waals surface area contributed by atoms with Gasteiger partial charge in [0.2, 0.25) is 17.7 Å². The fourth-order valence-corrected chi connectivity index (χ4v) is 2.47. The van der Waals surface area contributed by atoms with E-state index in [4.69, 9.17) is 4.42 Å². The van der Waals surface area contributed by atoms with E-state index in [0.717, 1.165) is 26.2 Å². The molecule has 1 aromatic rings. The summed E-state index contributed by atoms with van der Waals surface area (Å²) in [6.45, 7) is 12.0. The molecule has 1 saturated heterocycles. The van der Waals surface area contributed by atoms with Gasteiger partial charge in [0.25, 0.3) is 0 Å². The van der Waals surface area contributed by atoms with Crippen molar-refractivity contribution in [1.82, 2.24) is 25.3 Å². The number of nitrogens with zero attached hydrogens (tertiary/aromatic N) is 4. The Labute approximate surface area is 125 Å². The first kappa shape index (κ1) is 15.9. The Balaban J connectivity index is 1.78. The predicted molar refractivity (Wildman–Crippen MR) is 78.6 cm³/mol. The number of hydrogen-bond donors (Lipinski definition) is 1. The predicted octanol–water partition coefficient (Wildman–Crippen LogP) is 0.409. The highest BCUT2D eigenvalue weighted by Gasteiger charge is 2.26. The molecule has 1 fully saturated rings. The minimum Gasteiger partial charge on any atom is -0.424 e. The van der Waals surface area contributed by atoms with Gasteiger partial charge in [-0.3, -0.25) is 14.6 Å². The van der Waals surface area contributed by atoms with E-state index in [1.807, 2.05) is 20.8 Å². The number of carbonyl (C=O) groups is 1. The zero-order valence-corrected chi connectivity index (χ0v) is 13.3. The minimum atomic E-state index is -0.0831. The van der Waals surface area contributed by atoms with Crippen molar-refractivity contribution in [2.75, 3.05) is 26.2 Å². The number of rotatable bonds is 5. The molecular weight excluding hydrogens is 270 g/mol. The second kappa shape index (κ2) is 7.00. The van der Waals surface area contributed by atoms with Gasteiger partial charge in [-0.05, 0) is 20.8 Å². The lowest BCUT2D eigenvalue weighted by molar-refractivity contribution is -0.127. The summed E-state index contributed by atoms with van der Waals surface area (Å²) in [7, 11) is 0. The maximum atomic E-state index is 12.0. The molecule has 0 aromatic carbocycles. The molecule has 1 atom stereocenters. The van der Waals surface area contributed by atoms with E-state index in [0.29, 0.717) is 18.3 Å². The van der Waals surface area contributed by atoms with E-state index in [-0.39, 0.29) is 18.0 Å². The molecule has 0 saturated carbocycles. The molecule has 0 aliphatic carbocycles. The molecular formula is C14H25N5O2. The van der Waals surface area contributed by atoms with Crippen LogP contribution in [0.1, 0.15) is 32.6 Å².